The van der Waals surface area contributed by atoms with E-state index in [1.807, 2.05) is 22.2 Å². The molecular weight excluding hydrogens is 272 g/mol. The van der Waals surface area contributed by atoms with Gasteiger partial charge in [-0.2, -0.15) is 0 Å². The number of rotatable bonds is 4. The molecule has 0 saturated carbocycles. The highest BCUT2D eigenvalue weighted by molar-refractivity contribution is 7.15. The van der Waals surface area contributed by atoms with Crippen LogP contribution in [0.15, 0.2) is 29.2 Å². The average Bonchev–Trinajstić information content (AvgIpc) is 3.01. The zero-order valence-electron chi connectivity index (χ0n) is 9.07. The third kappa shape index (κ3) is 2.09. The van der Waals surface area contributed by atoms with Crippen LogP contribution >= 0.6 is 22.7 Å². The summed E-state index contributed by atoms with van der Waals surface area (Å²) < 4.78 is 7.43. The SMILES string of the molecule is O=C(O)c1cc(OCc2cn3ccsc3n2)cs1. The summed E-state index contributed by atoms with van der Waals surface area (Å²) >= 11 is 2.71. The number of nitrogens with zero attached hydrogens (tertiary/aromatic N) is 2. The van der Waals surface area contributed by atoms with Crippen LogP contribution in [0, 0.1) is 0 Å². The number of carbonyl (C=O) groups is 1. The molecule has 3 aromatic rings. The van der Waals surface area contributed by atoms with E-state index in [1.54, 1.807) is 16.7 Å². The van der Waals surface area contributed by atoms with Crippen molar-refractivity contribution >= 4 is 33.6 Å². The third-order valence-electron chi connectivity index (χ3n) is 2.32. The highest BCUT2D eigenvalue weighted by atomic mass is 32.1. The molecule has 0 aromatic carbocycles. The Morgan fingerprint density at radius 1 is 1.50 bits per heavy atom. The normalized spacial score (nSPS) is 10.9. The molecule has 92 valence electrons. The zero-order chi connectivity index (χ0) is 12.5. The van der Waals surface area contributed by atoms with Gasteiger partial charge in [-0.3, -0.25) is 4.40 Å². The number of carboxylic acids is 1. The molecule has 3 heterocycles. The Labute approximate surface area is 110 Å². The first kappa shape index (κ1) is 11.2. The fraction of sp³-hybridized carbons (Fsp3) is 0.0909. The Morgan fingerprint density at radius 2 is 2.39 bits per heavy atom. The molecule has 0 spiro atoms. The van der Waals surface area contributed by atoms with Crippen molar-refractivity contribution in [1.29, 1.82) is 0 Å². The van der Waals surface area contributed by atoms with E-state index in [1.165, 1.54) is 6.07 Å². The van der Waals surface area contributed by atoms with Gasteiger partial charge >= 0.3 is 5.97 Å². The molecular formula is C11H8N2O3S2. The van der Waals surface area contributed by atoms with Crippen molar-refractivity contribution in [2.24, 2.45) is 0 Å². The second kappa shape index (κ2) is 4.43. The number of thiophene rings is 1. The smallest absolute Gasteiger partial charge is 0.346 e. The fourth-order valence-corrected chi connectivity index (χ4v) is 2.89. The maximum atomic E-state index is 10.7. The van der Waals surface area contributed by atoms with E-state index in [0.717, 1.165) is 22.0 Å². The van der Waals surface area contributed by atoms with E-state index in [-0.39, 0.29) is 4.88 Å². The van der Waals surface area contributed by atoms with Crippen molar-refractivity contribution in [1.82, 2.24) is 9.38 Å². The van der Waals surface area contributed by atoms with Gasteiger partial charge in [0.2, 0.25) is 0 Å². The zero-order valence-corrected chi connectivity index (χ0v) is 10.7. The number of ether oxygens (including phenoxy) is 1. The summed E-state index contributed by atoms with van der Waals surface area (Å²) in [6, 6.07) is 1.52. The molecule has 0 amide bonds. The molecule has 0 bridgehead atoms. The summed E-state index contributed by atoms with van der Waals surface area (Å²) in [5.41, 5.74) is 0.824. The molecule has 5 nitrogen and oxygen atoms in total. The minimum Gasteiger partial charge on any atom is -0.486 e. The molecule has 3 rings (SSSR count). The lowest BCUT2D eigenvalue weighted by Crippen LogP contribution is -1.95. The van der Waals surface area contributed by atoms with E-state index in [0.29, 0.717) is 12.4 Å². The van der Waals surface area contributed by atoms with E-state index < -0.39 is 5.97 Å². The van der Waals surface area contributed by atoms with Gasteiger partial charge in [0.25, 0.3) is 0 Å². The average molecular weight is 280 g/mol. The van der Waals surface area contributed by atoms with Gasteiger partial charge in [0.15, 0.2) is 4.96 Å². The number of thiazole rings is 1. The lowest BCUT2D eigenvalue weighted by molar-refractivity contribution is 0.0702. The van der Waals surface area contributed by atoms with Crippen molar-refractivity contribution in [2.45, 2.75) is 6.61 Å². The van der Waals surface area contributed by atoms with Crippen molar-refractivity contribution in [3.05, 3.63) is 39.8 Å². The van der Waals surface area contributed by atoms with E-state index in [9.17, 15) is 4.79 Å². The van der Waals surface area contributed by atoms with Gasteiger partial charge in [-0.15, -0.1) is 22.7 Å². The molecule has 0 aliphatic rings. The van der Waals surface area contributed by atoms with Crippen molar-refractivity contribution in [2.75, 3.05) is 0 Å². The Bertz CT molecular complexity index is 669. The molecule has 18 heavy (non-hydrogen) atoms. The summed E-state index contributed by atoms with van der Waals surface area (Å²) in [5, 5.41) is 12.4. The monoisotopic (exact) mass is 280 g/mol. The Kier molecular flexibility index (Phi) is 2.77. The van der Waals surface area contributed by atoms with Gasteiger partial charge < -0.3 is 9.84 Å². The van der Waals surface area contributed by atoms with Crippen LogP contribution in [0.2, 0.25) is 0 Å². The maximum Gasteiger partial charge on any atom is 0.346 e. The molecule has 0 fully saturated rings. The molecule has 0 saturated heterocycles. The minimum atomic E-state index is -0.933. The van der Waals surface area contributed by atoms with Crippen LogP contribution in [0.4, 0.5) is 0 Å². The number of hydrogen-bond acceptors (Lipinski definition) is 5. The van der Waals surface area contributed by atoms with Gasteiger partial charge in [-0.05, 0) is 0 Å². The minimum absolute atomic E-state index is 0.274. The molecule has 3 aromatic heterocycles. The fourth-order valence-electron chi connectivity index (χ4n) is 1.51. The van der Waals surface area contributed by atoms with Gasteiger partial charge in [0, 0.05) is 29.2 Å². The summed E-state index contributed by atoms with van der Waals surface area (Å²) in [6.45, 7) is 0.337. The Morgan fingerprint density at radius 3 is 3.11 bits per heavy atom. The van der Waals surface area contributed by atoms with Crippen LogP contribution in [0.1, 0.15) is 15.4 Å². The first-order valence-electron chi connectivity index (χ1n) is 5.08. The lowest BCUT2D eigenvalue weighted by atomic mass is 10.4. The van der Waals surface area contributed by atoms with Crippen LogP contribution < -0.4 is 4.74 Å². The molecule has 1 N–H and O–H groups in total. The molecule has 7 heteroatoms. The van der Waals surface area contributed by atoms with Gasteiger partial charge in [0.05, 0.1) is 5.69 Å². The number of imidazole rings is 1. The Hall–Kier alpha value is -1.86. The largest absolute Gasteiger partial charge is 0.486 e. The second-order valence-electron chi connectivity index (χ2n) is 3.57. The van der Waals surface area contributed by atoms with Gasteiger partial charge in [0.1, 0.15) is 17.2 Å². The third-order valence-corrected chi connectivity index (χ3v) is 3.98. The van der Waals surface area contributed by atoms with Gasteiger partial charge in [-0.25, -0.2) is 9.78 Å². The number of fused-ring (bicyclic) bond motifs is 1. The molecule has 0 radical (unpaired) electrons. The number of aromatic carboxylic acids is 1. The first-order chi connectivity index (χ1) is 8.72. The van der Waals surface area contributed by atoms with Crippen LogP contribution in [0.25, 0.3) is 4.96 Å². The molecule has 0 unspecified atom stereocenters. The van der Waals surface area contributed by atoms with Crippen molar-refractivity contribution < 1.29 is 14.6 Å². The van der Waals surface area contributed by atoms with E-state index >= 15 is 0 Å². The second-order valence-corrected chi connectivity index (χ2v) is 5.35. The van der Waals surface area contributed by atoms with Crippen LogP contribution in [0.5, 0.6) is 5.75 Å². The molecule has 0 atom stereocenters. The summed E-state index contributed by atoms with van der Waals surface area (Å²) in [7, 11) is 0. The van der Waals surface area contributed by atoms with Crippen LogP contribution in [-0.2, 0) is 6.61 Å². The topological polar surface area (TPSA) is 63.8 Å². The summed E-state index contributed by atoms with van der Waals surface area (Å²) in [6.07, 6.45) is 3.83. The number of carboxylic acid groups (broad SMARTS) is 1. The Balaban J connectivity index is 1.70. The van der Waals surface area contributed by atoms with Crippen LogP contribution in [-0.4, -0.2) is 20.5 Å². The first-order valence-corrected chi connectivity index (χ1v) is 6.84. The highest BCUT2D eigenvalue weighted by Gasteiger charge is 2.08. The number of aromatic nitrogens is 2. The predicted molar refractivity (Wildman–Crippen MR) is 68.7 cm³/mol. The van der Waals surface area contributed by atoms with Crippen molar-refractivity contribution in [3.63, 3.8) is 0 Å². The molecule has 0 aliphatic carbocycles. The molecule has 0 aliphatic heterocycles. The summed E-state index contributed by atoms with van der Waals surface area (Å²) in [4.78, 5) is 16.3. The number of hydrogen-bond donors (Lipinski definition) is 1. The van der Waals surface area contributed by atoms with E-state index in [4.69, 9.17) is 9.84 Å². The van der Waals surface area contributed by atoms with Gasteiger partial charge in [-0.1, -0.05) is 0 Å². The predicted octanol–water partition coefficient (Wildman–Crippen LogP) is 2.73. The maximum absolute atomic E-state index is 10.7. The standard InChI is InChI=1S/C11H8N2O3S2/c14-10(15)9-3-8(6-18-9)16-5-7-4-13-1-2-17-11(13)12-7/h1-4,6H,5H2,(H,14,15). The highest BCUT2D eigenvalue weighted by Crippen LogP contribution is 2.22. The van der Waals surface area contributed by atoms with Crippen molar-refractivity contribution in [3.8, 4) is 5.75 Å². The lowest BCUT2D eigenvalue weighted by Gasteiger charge is -1.99. The van der Waals surface area contributed by atoms with Crippen LogP contribution in [0.3, 0.4) is 0 Å². The summed E-state index contributed by atoms with van der Waals surface area (Å²) in [5.74, 6) is -0.369. The van der Waals surface area contributed by atoms with E-state index in [2.05, 4.69) is 4.98 Å². The quantitative estimate of drug-likeness (QED) is 0.798.